The van der Waals surface area contributed by atoms with Crippen LogP contribution in [-0.2, 0) is 4.79 Å². The third kappa shape index (κ3) is 5.49. The van der Waals surface area contributed by atoms with Crippen LogP contribution >= 0.6 is 0 Å². The Hall–Kier alpha value is -1.26. The number of carboxylic acids is 1. The fraction of sp³-hybridized carbons (Fsp3) is 0.857. The van der Waals surface area contributed by atoms with Gasteiger partial charge in [-0.1, -0.05) is 33.1 Å². The van der Waals surface area contributed by atoms with Crippen LogP contribution in [0.25, 0.3) is 0 Å². The molecule has 0 aliphatic heterocycles. The lowest BCUT2D eigenvalue weighted by atomic mass is 9.86. The first-order chi connectivity index (χ1) is 9.04. The summed E-state index contributed by atoms with van der Waals surface area (Å²) >= 11 is 0. The number of carbonyl (C=O) groups excluding carboxylic acids is 1. The molecule has 5 heteroatoms. The molecular formula is C14H26N2O3. The number of amides is 2. The largest absolute Gasteiger partial charge is 0.481 e. The number of carbonyl (C=O) groups is 2. The highest BCUT2D eigenvalue weighted by Crippen LogP contribution is 2.23. The first-order valence-electron chi connectivity index (χ1n) is 7.31. The quantitative estimate of drug-likeness (QED) is 0.693. The van der Waals surface area contributed by atoms with E-state index in [0.29, 0.717) is 12.3 Å². The number of rotatable bonds is 6. The lowest BCUT2D eigenvalue weighted by molar-refractivity contribution is -0.141. The van der Waals surface area contributed by atoms with Gasteiger partial charge in [-0.15, -0.1) is 0 Å². The zero-order valence-electron chi connectivity index (χ0n) is 11.9. The van der Waals surface area contributed by atoms with Gasteiger partial charge in [-0.25, -0.2) is 4.79 Å². The van der Waals surface area contributed by atoms with Crippen LogP contribution in [0.2, 0.25) is 0 Å². The van der Waals surface area contributed by atoms with Crippen molar-refractivity contribution in [2.75, 3.05) is 6.54 Å². The van der Waals surface area contributed by atoms with Gasteiger partial charge in [0.2, 0.25) is 0 Å². The van der Waals surface area contributed by atoms with Gasteiger partial charge < -0.3 is 15.7 Å². The van der Waals surface area contributed by atoms with Gasteiger partial charge in [0.25, 0.3) is 0 Å². The molecular weight excluding hydrogens is 244 g/mol. The first kappa shape index (κ1) is 15.8. The smallest absolute Gasteiger partial charge is 0.315 e. The van der Waals surface area contributed by atoms with E-state index >= 15 is 0 Å². The second-order valence-corrected chi connectivity index (χ2v) is 5.55. The van der Waals surface area contributed by atoms with Gasteiger partial charge >= 0.3 is 12.0 Å². The normalized spacial score (nSPS) is 24.5. The van der Waals surface area contributed by atoms with Crippen LogP contribution in [0, 0.1) is 11.8 Å². The van der Waals surface area contributed by atoms with Crippen LogP contribution < -0.4 is 10.6 Å². The molecule has 5 nitrogen and oxygen atoms in total. The molecule has 1 aliphatic carbocycles. The highest BCUT2D eigenvalue weighted by molar-refractivity contribution is 5.76. The van der Waals surface area contributed by atoms with Gasteiger partial charge in [0.05, 0.1) is 5.92 Å². The predicted octanol–water partition coefficient (Wildman–Crippen LogP) is 2.37. The predicted molar refractivity (Wildman–Crippen MR) is 74.0 cm³/mol. The third-order valence-electron chi connectivity index (χ3n) is 3.92. The summed E-state index contributed by atoms with van der Waals surface area (Å²) in [6, 6.07) is -0.00990. The molecule has 1 fully saturated rings. The van der Waals surface area contributed by atoms with Crippen molar-refractivity contribution in [1.29, 1.82) is 0 Å². The first-order valence-corrected chi connectivity index (χ1v) is 7.31. The van der Waals surface area contributed by atoms with Crippen LogP contribution in [0.5, 0.6) is 0 Å². The van der Waals surface area contributed by atoms with Gasteiger partial charge in [0, 0.05) is 12.6 Å². The number of urea groups is 1. The molecule has 19 heavy (non-hydrogen) atoms. The van der Waals surface area contributed by atoms with Crippen molar-refractivity contribution in [3.8, 4) is 0 Å². The van der Waals surface area contributed by atoms with Crippen molar-refractivity contribution in [3.63, 3.8) is 0 Å². The van der Waals surface area contributed by atoms with Gasteiger partial charge in [0.1, 0.15) is 0 Å². The Labute approximate surface area is 115 Å². The minimum absolute atomic E-state index is 0.204. The molecule has 0 aromatic rings. The fourth-order valence-electron chi connectivity index (χ4n) is 2.63. The molecule has 1 saturated carbocycles. The Kier molecular flexibility index (Phi) is 6.67. The Morgan fingerprint density at radius 1 is 1.32 bits per heavy atom. The Morgan fingerprint density at radius 3 is 2.58 bits per heavy atom. The summed E-state index contributed by atoms with van der Waals surface area (Å²) in [6.45, 7) is 4.30. The summed E-state index contributed by atoms with van der Waals surface area (Å²) < 4.78 is 0. The lowest BCUT2D eigenvalue weighted by Gasteiger charge is -2.29. The van der Waals surface area contributed by atoms with Crippen molar-refractivity contribution in [2.24, 2.45) is 11.8 Å². The molecule has 3 atom stereocenters. The molecule has 0 radical (unpaired) electrons. The van der Waals surface area contributed by atoms with Crippen LogP contribution in [0.1, 0.15) is 52.4 Å². The average Bonchev–Trinajstić information content (AvgIpc) is 2.37. The zero-order chi connectivity index (χ0) is 14.3. The van der Waals surface area contributed by atoms with E-state index in [-0.39, 0.29) is 18.6 Å². The maximum Gasteiger partial charge on any atom is 0.315 e. The number of hydrogen-bond acceptors (Lipinski definition) is 2. The molecule has 2 amide bonds. The second kappa shape index (κ2) is 8.02. The molecule has 1 rings (SSSR count). The highest BCUT2D eigenvalue weighted by atomic mass is 16.4. The van der Waals surface area contributed by atoms with E-state index in [2.05, 4.69) is 17.6 Å². The summed E-state index contributed by atoms with van der Waals surface area (Å²) in [5, 5.41) is 14.7. The molecule has 0 bridgehead atoms. The van der Waals surface area contributed by atoms with E-state index < -0.39 is 11.9 Å². The molecule has 3 unspecified atom stereocenters. The van der Waals surface area contributed by atoms with Crippen molar-refractivity contribution in [1.82, 2.24) is 10.6 Å². The lowest BCUT2D eigenvalue weighted by Crippen LogP contribution is -2.47. The van der Waals surface area contributed by atoms with E-state index in [0.717, 1.165) is 25.7 Å². The summed E-state index contributed by atoms with van der Waals surface area (Å²) in [5.74, 6) is -0.821. The van der Waals surface area contributed by atoms with Crippen LogP contribution in [0.3, 0.4) is 0 Å². The van der Waals surface area contributed by atoms with E-state index in [4.69, 9.17) is 5.11 Å². The molecule has 110 valence electrons. The van der Waals surface area contributed by atoms with Crippen molar-refractivity contribution in [3.05, 3.63) is 0 Å². The minimum atomic E-state index is -0.840. The van der Waals surface area contributed by atoms with Gasteiger partial charge in [-0.05, 0) is 25.2 Å². The molecule has 0 aromatic carbocycles. The van der Waals surface area contributed by atoms with Crippen LogP contribution in [0.4, 0.5) is 4.79 Å². The van der Waals surface area contributed by atoms with Gasteiger partial charge in [-0.3, -0.25) is 4.79 Å². The maximum atomic E-state index is 11.8. The van der Waals surface area contributed by atoms with Crippen molar-refractivity contribution in [2.45, 2.75) is 58.4 Å². The molecule has 1 aliphatic rings. The van der Waals surface area contributed by atoms with E-state index in [1.165, 1.54) is 6.42 Å². The van der Waals surface area contributed by atoms with Gasteiger partial charge in [0.15, 0.2) is 0 Å². The van der Waals surface area contributed by atoms with Crippen molar-refractivity contribution < 1.29 is 14.7 Å². The number of aliphatic carboxylic acids is 1. The number of nitrogens with one attached hydrogen (secondary N) is 2. The summed E-state index contributed by atoms with van der Waals surface area (Å²) in [5.41, 5.74) is 0. The number of hydrogen-bond donors (Lipinski definition) is 3. The SMILES string of the molecule is CCCC(CNC(=O)NC1CCCCC1C)C(=O)O. The minimum Gasteiger partial charge on any atom is -0.481 e. The summed E-state index contributed by atoms with van der Waals surface area (Å²) in [4.78, 5) is 22.7. The topological polar surface area (TPSA) is 78.4 Å². The van der Waals surface area contributed by atoms with Crippen LogP contribution in [-0.4, -0.2) is 29.7 Å². The molecule has 0 aromatic heterocycles. The Morgan fingerprint density at radius 2 is 2.00 bits per heavy atom. The van der Waals surface area contributed by atoms with E-state index in [1.54, 1.807) is 0 Å². The molecule has 3 N–H and O–H groups in total. The standard InChI is InChI=1S/C14H26N2O3/c1-3-6-11(13(17)18)9-15-14(19)16-12-8-5-4-7-10(12)2/h10-12H,3-9H2,1-2H3,(H,17,18)(H2,15,16,19). The monoisotopic (exact) mass is 270 g/mol. The highest BCUT2D eigenvalue weighted by Gasteiger charge is 2.23. The Bertz CT molecular complexity index is 307. The number of carboxylic acid groups (broad SMARTS) is 1. The van der Waals surface area contributed by atoms with E-state index in [1.807, 2.05) is 6.92 Å². The van der Waals surface area contributed by atoms with E-state index in [9.17, 15) is 9.59 Å². The fourth-order valence-corrected chi connectivity index (χ4v) is 2.63. The van der Waals surface area contributed by atoms with Gasteiger partial charge in [-0.2, -0.15) is 0 Å². The second-order valence-electron chi connectivity index (χ2n) is 5.55. The summed E-state index contributed by atoms with van der Waals surface area (Å²) in [6.07, 6.45) is 5.96. The molecule has 0 spiro atoms. The zero-order valence-corrected chi connectivity index (χ0v) is 11.9. The van der Waals surface area contributed by atoms with Crippen LogP contribution in [0.15, 0.2) is 0 Å². The molecule has 0 heterocycles. The molecule has 0 saturated heterocycles. The third-order valence-corrected chi connectivity index (χ3v) is 3.92. The summed E-state index contributed by atoms with van der Waals surface area (Å²) in [7, 11) is 0. The Balaban J connectivity index is 2.31. The average molecular weight is 270 g/mol. The maximum absolute atomic E-state index is 11.8. The van der Waals surface area contributed by atoms with Crippen molar-refractivity contribution >= 4 is 12.0 Å².